The standard InChI is InChI=1S/C21H29BrN6/c1-14-8-6-7-11-17(14)24-20(19-18(22)15(2)12-13-23-19)21-25-26-27-28(21)16-9-4-3-5-10-16/h6-7,12-14,16-17,20,24H,3-5,8-11H2,1-2H3/t14-,17-,20?/m1/s1. The second kappa shape index (κ2) is 8.82. The van der Waals surface area contributed by atoms with Gasteiger partial charge in [0.15, 0.2) is 5.82 Å². The molecule has 2 aliphatic carbocycles. The Bertz CT molecular complexity index is 826. The Labute approximate surface area is 175 Å². The van der Waals surface area contributed by atoms with Crippen molar-refractivity contribution in [3.8, 4) is 0 Å². The summed E-state index contributed by atoms with van der Waals surface area (Å²) in [5.41, 5.74) is 2.14. The first-order valence-corrected chi connectivity index (χ1v) is 11.2. The van der Waals surface area contributed by atoms with E-state index in [9.17, 15) is 0 Å². The van der Waals surface area contributed by atoms with E-state index in [-0.39, 0.29) is 6.04 Å². The summed E-state index contributed by atoms with van der Waals surface area (Å²) >= 11 is 3.77. The fourth-order valence-corrected chi connectivity index (χ4v) is 4.87. The molecule has 0 saturated heterocycles. The van der Waals surface area contributed by atoms with E-state index in [1.165, 1.54) is 24.8 Å². The van der Waals surface area contributed by atoms with Gasteiger partial charge in [0.2, 0.25) is 0 Å². The van der Waals surface area contributed by atoms with Crippen LogP contribution in [-0.4, -0.2) is 31.2 Å². The van der Waals surface area contributed by atoms with Crippen LogP contribution >= 0.6 is 15.9 Å². The lowest BCUT2D eigenvalue weighted by molar-refractivity contribution is 0.295. The van der Waals surface area contributed by atoms with Gasteiger partial charge in [-0.25, -0.2) is 4.68 Å². The minimum Gasteiger partial charge on any atom is -0.299 e. The number of nitrogens with one attached hydrogen (secondary N) is 1. The Kier molecular flexibility index (Phi) is 6.21. The quantitative estimate of drug-likeness (QED) is 0.677. The van der Waals surface area contributed by atoms with Crippen LogP contribution in [0.3, 0.4) is 0 Å². The van der Waals surface area contributed by atoms with Gasteiger partial charge in [-0.2, -0.15) is 0 Å². The predicted molar refractivity (Wildman–Crippen MR) is 113 cm³/mol. The van der Waals surface area contributed by atoms with Gasteiger partial charge >= 0.3 is 0 Å². The molecule has 0 spiro atoms. The zero-order chi connectivity index (χ0) is 19.5. The Balaban J connectivity index is 1.72. The first-order chi connectivity index (χ1) is 13.6. The van der Waals surface area contributed by atoms with Crippen molar-refractivity contribution in [1.82, 2.24) is 30.5 Å². The zero-order valence-electron chi connectivity index (χ0n) is 16.7. The Morgan fingerprint density at radius 3 is 2.75 bits per heavy atom. The maximum atomic E-state index is 4.74. The summed E-state index contributed by atoms with van der Waals surface area (Å²) in [6, 6.07) is 2.65. The highest BCUT2D eigenvalue weighted by molar-refractivity contribution is 9.10. The lowest BCUT2D eigenvalue weighted by atomic mass is 9.89. The van der Waals surface area contributed by atoms with E-state index in [0.717, 1.165) is 41.7 Å². The molecule has 2 heterocycles. The van der Waals surface area contributed by atoms with Crippen molar-refractivity contribution in [2.45, 2.75) is 76.9 Å². The molecule has 2 aromatic heterocycles. The van der Waals surface area contributed by atoms with E-state index in [4.69, 9.17) is 4.98 Å². The third-order valence-corrected chi connectivity index (χ3v) is 7.24. The number of pyridine rings is 1. The number of tetrazole rings is 1. The van der Waals surface area contributed by atoms with Crippen LogP contribution in [0.15, 0.2) is 28.9 Å². The number of aromatic nitrogens is 5. The molecule has 1 fully saturated rings. The van der Waals surface area contributed by atoms with E-state index in [1.807, 2.05) is 12.3 Å². The number of hydrogen-bond acceptors (Lipinski definition) is 5. The molecule has 1 N–H and O–H groups in total. The molecule has 7 heteroatoms. The summed E-state index contributed by atoms with van der Waals surface area (Å²) < 4.78 is 3.10. The van der Waals surface area contributed by atoms with Crippen molar-refractivity contribution in [1.29, 1.82) is 0 Å². The SMILES string of the molecule is Cc1ccnc(C(N[C@@H]2CC=CC[C@H]2C)c2nnnn2C2CCCCC2)c1Br. The second-order valence-corrected chi connectivity index (χ2v) is 9.02. The summed E-state index contributed by atoms with van der Waals surface area (Å²) in [6.07, 6.45) is 14.7. The highest BCUT2D eigenvalue weighted by Gasteiger charge is 2.32. The monoisotopic (exact) mass is 444 g/mol. The molecule has 4 rings (SSSR count). The van der Waals surface area contributed by atoms with Crippen LogP contribution < -0.4 is 5.32 Å². The average Bonchev–Trinajstić information content (AvgIpc) is 3.20. The molecule has 150 valence electrons. The van der Waals surface area contributed by atoms with Crippen LogP contribution in [0.25, 0.3) is 0 Å². The van der Waals surface area contributed by atoms with Crippen molar-refractivity contribution in [2.75, 3.05) is 0 Å². The molecular formula is C21H29BrN6. The third kappa shape index (κ3) is 4.06. The largest absolute Gasteiger partial charge is 0.299 e. The molecule has 0 bridgehead atoms. The fraction of sp³-hybridized carbons (Fsp3) is 0.619. The predicted octanol–water partition coefficient (Wildman–Crippen LogP) is 4.68. The molecule has 3 atom stereocenters. The van der Waals surface area contributed by atoms with Gasteiger partial charge in [-0.1, -0.05) is 38.3 Å². The molecule has 1 saturated carbocycles. The maximum Gasteiger partial charge on any atom is 0.174 e. The lowest BCUT2D eigenvalue weighted by Crippen LogP contribution is -2.40. The van der Waals surface area contributed by atoms with Crippen LogP contribution in [0, 0.1) is 12.8 Å². The minimum absolute atomic E-state index is 0.134. The Morgan fingerprint density at radius 2 is 1.96 bits per heavy atom. The van der Waals surface area contributed by atoms with Gasteiger partial charge in [-0.15, -0.1) is 5.10 Å². The van der Waals surface area contributed by atoms with Crippen LogP contribution in [0.5, 0.6) is 0 Å². The number of allylic oxidation sites excluding steroid dienone is 1. The van der Waals surface area contributed by atoms with Gasteiger partial charge in [-0.05, 0) is 76.5 Å². The molecule has 28 heavy (non-hydrogen) atoms. The van der Waals surface area contributed by atoms with Crippen molar-refractivity contribution >= 4 is 15.9 Å². The van der Waals surface area contributed by atoms with Gasteiger partial charge in [0, 0.05) is 16.7 Å². The molecule has 0 aromatic carbocycles. The zero-order valence-corrected chi connectivity index (χ0v) is 18.3. The molecule has 0 amide bonds. The van der Waals surface area contributed by atoms with E-state index >= 15 is 0 Å². The van der Waals surface area contributed by atoms with E-state index in [0.29, 0.717) is 18.0 Å². The summed E-state index contributed by atoms with van der Waals surface area (Å²) in [5.74, 6) is 1.45. The summed E-state index contributed by atoms with van der Waals surface area (Å²) in [6.45, 7) is 4.41. The molecule has 0 radical (unpaired) electrons. The second-order valence-electron chi connectivity index (χ2n) is 8.23. The molecular weight excluding hydrogens is 416 g/mol. The van der Waals surface area contributed by atoms with Gasteiger partial charge in [0.05, 0.1) is 11.7 Å². The van der Waals surface area contributed by atoms with Crippen LogP contribution in [0.4, 0.5) is 0 Å². The summed E-state index contributed by atoms with van der Waals surface area (Å²) in [5, 5.41) is 16.8. The number of aryl methyl sites for hydroxylation is 1. The van der Waals surface area contributed by atoms with Crippen molar-refractivity contribution in [3.05, 3.63) is 46.0 Å². The first-order valence-electron chi connectivity index (χ1n) is 10.4. The number of rotatable bonds is 5. The van der Waals surface area contributed by atoms with Gasteiger partial charge in [-0.3, -0.25) is 10.3 Å². The summed E-state index contributed by atoms with van der Waals surface area (Å²) in [4.78, 5) is 4.74. The maximum absolute atomic E-state index is 4.74. The highest BCUT2D eigenvalue weighted by Crippen LogP contribution is 2.34. The average molecular weight is 445 g/mol. The van der Waals surface area contributed by atoms with Gasteiger partial charge in [0.1, 0.15) is 6.04 Å². The van der Waals surface area contributed by atoms with Gasteiger partial charge < -0.3 is 0 Å². The van der Waals surface area contributed by atoms with E-state index < -0.39 is 0 Å². The number of nitrogens with zero attached hydrogens (tertiary/aromatic N) is 5. The Hall–Kier alpha value is -1.60. The fourth-order valence-electron chi connectivity index (χ4n) is 4.41. The smallest absolute Gasteiger partial charge is 0.174 e. The topological polar surface area (TPSA) is 68.5 Å². The van der Waals surface area contributed by atoms with Crippen molar-refractivity contribution in [3.63, 3.8) is 0 Å². The minimum atomic E-state index is -0.134. The van der Waals surface area contributed by atoms with E-state index in [2.05, 4.69) is 67.5 Å². The first kappa shape index (κ1) is 19.7. The lowest BCUT2D eigenvalue weighted by Gasteiger charge is -2.32. The highest BCUT2D eigenvalue weighted by atomic mass is 79.9. The normalized spacial score (nSPS) is 24.4. The number of hydrogen-bond donors (Lipinski definition) is 1. The van der Waals surface area contributed by atoms with Crippen LogP contribution in [-0.2, 0) is 0 Å². The van der Waals surface area contributed by atoms with Crippen molar-refractivity contribution in [2.24, 2.45) is 5.92 Å². The molecule has 2 aromatic rings. The van der Waals surface area contributed by atoms with Crippen molar-refractivity contribution < 1.29 is 0 Å². The molecule has 2 aliphatic rings. The molecule has 0 aliphatic heterocycles. The number of halogens is 1. The van der Waals surface area contributed by atoms with Crippen LogP contribution in [0.1, 0.15) is 81.0 Å². The third-order valence-electron chi connectivity index (χ3n) is 6.21. The van der Waals surface area contributed by atoms with Gasteiger partial charge in [0.25, 0.3) is 0 Å². The summed E-state index contributed by atoms with van der Waals surface area (Å²) in [7, 11) is 0. The Morgan fingerprint density at radius 1 is 1.18 bits per heavy atom. The molecule has 6 nitrogen and oxygen atoms in total. The van der Waals surface area contributed by atoms with Crippen LogP contribution in [0.2, 0.25) is 0 Å². The van der Waals surface area contributed by atoms with E-state index in [1.54, 1.807) is 0 Å². The molecule has 1 unspecified atom stereocenters.